The van der Waals surface area contributed by atoms with Crippen LogP contribution in [0.5, 0.6) is 0 Å². The Morgan fingerprint density at radius 1 is 0.786 bits per heavy atom. The molecule has 28 heavy (non-hydrogen) atoms. The predicted octanol–water partition coefficient (Wildman–Crippen LogP) is 2.03. The lowest BCUT2D eigenvalue weighted by atomic mass is 10.0. The van der Waals surface area contributed by atoms with Crippen LogP contribution < -0.4 is 0 Å². The number of Topliss-reactive ketones (excluding diaryl/α,β-unsaturated/α-hetero) is 1. The topological polar surface area (TPSA) is 60.9 Å². The second kappa shape index (κ2) is 9.32. The summed E-state index contributed by atoms with van der Waals surface area (Å²) in [6.45, 7) is 8.92. The molecule has 0 aromatic heterocycles. The summed E-state index contributed by atoms with van der Waals surface area (Å²) in [6, 6.07) is 5.69. The third-order valence-electron chi connectivity index (χ3n) is 5.94. The quantitative estimate of drug-likeness (QED) is 0.703. The second-order valence-corrected chi connectivity index (χ2v) is 7.97. The van der Waals surface area contributed by atoms with Crippen LogP contribution >= 0.6 is 0 Å². The van der Waals surface area contributed by atoms with Crippen LogP contribution in [0.1, 0.15) is 47.2 Å². The van der Waals surface area contributed by atoms with Gasteiger partial charge in [0.2, 0.25) is 11.8 Å². The van der Waals surface area contributed by atoms with Crippen molar-refractivity contribution in [2.75, 3.05) is 45.8 Å². The zero-order valence-electron chi connectivity index (χ0n) is 17.1. The van der Waals surface area contributed by atoms with Crippen molar-refractivity contribution in [3.05, 3.63) is 34.9 Å². The Balaban J connectivity index is 1.40. The second-order valence-electron chi connectivity index (χ2n) is 7.97. The number of piperazine rings is 1. The number of carbonyl (C=O) groups is 3. The van der Waals surface area contributed by atoms with Gasteiger partial charge in [0.1, 0.15) is 0 Å². The average molecular weight is 386 g/mol. The Morgan fingerprint density at radius 2 is 1.43 bits per heavy atom. The van der Waals surface area contributed by atoms with Crippen molar-refractivity contribution >= 4 is 17.6 Å². The van der Waals surface area contributed by atoms with Crippen LogP contribution in [-0.2, 0) is 9.59 Å². The standard InChI is InChI=1S/C22H31N3O3/c1-17-5-6-19(15-18(17)2)20(26)7-8-21(27)25-13-11-23(12-14-25)16-22(28)24-9-3-4-10-24/h5-6,15H,3-4,7-14,16H2,1-2H3. The highest BCUT2D eigenvalue weighted by Gasteiger charge is 2.25. The number of nitrogens with zero attached hydrogens (tertiary/aromatic N) is 3. The number of benzene rings is 1. The molecule has 1 aromatic rings. The lowest BCUT2D eigenvalue weighted by Crippen LogP contribution is -2.51. The molecule has 2 amide bonds. The Labute approximate surface area is 167 Å². The van der Waals surface area contributed by atoms with Crippen LogP contribution in [0.3, 0.4) is 0 Å². The van der Waals surface area contributed by atoms with Gasteiger partial charge in [-0.25, -0.2) is 0 Å². The smallest absolute Gasteiger partial charge is 0.236 e. The van der Waals surface area contributed by atoms with Gasteiger partial charge >= 0.3 is 0 Å². The molecule has 0 atom stereocenters. The molecule has 0 aliphatic carbocycles. The minimum Gasteiger partial charge on any atom is -0.342 e. The molecule has 0 saturated carbocycles. The lowest BCUT2D eigenvalue weighted by Gasteiger charge is -2.35. The molecule has 3 rings (SSSR count). The molecule has 6 heteroatoms. The van der Waals surface area contributed by atoms with Crippen LogP contribution in [0.15, 0.2) is 18.2 Å². The number of likely N-dealkylation sites (tertiary alicyclic amines) is 1. The molecule has 6 nitrogen and oxygen atoms in total. The molecule has 2 fully saturated rings. The molecule has 0 bridgehead atoms. The fourth-order valence-electron chi connectivity index (χ4n) is 3.85. The van der Waals surface area contributed by atoms with E-state index in [4.69, 9.17) is 0 Å². The maximum Gasteiger partial charge on any atom is 0.236 e. The van der Waals surface area contributed by atoms with E-state index in [1.807, 2.05) is 41.8 Å². The van der Waals surface area contributed by atoms with Crippen molar-refractivity contribution in [1.29, 1.82) is 0 Å². The highest BCUT2D eigenvalue weighted by molar-refractivity contribution is 5.98. The summed E-state index contributed by atoms with van der Waals surface area (Å²) in [5.74, 6) is 0.255. The van der Waals surface area contributed by atoms with E-state index >= 15 is 0 Å². The maximum atomic E-state index is 12.5. The van der Waals surface area contributed by atoms with Crippen LogP contribution in [0.25, 0.3) is 0 Å². The molecule has 1 aromatic carbocycles. The van der Waals surface area contributed by atoms with Crippen molar-refractivity contribution in [1.82, 2.24) is 14.7 Å². The molecule has 2 heterocycles. The lowest BCUT2D eigenvalue weighted by molar-refractivity contribution is -0.134. The van der Waals surface area contributed by atoms with Gasteiger partial charge in [0, 0.05) is 57.7 Å². The number of rotatable bonds is 6. The van der Waals surface area contributed by atoms with Gasteiger partial charge in [0.25, 0.3) is 0 Å². The summed E-state index contributed by atoms with van der Waals surface area (Å²) in [5, 5.41) is 0. The first-order valence-corrected chi connectivity index (χ1v) is 10.3. The largest absolute Gasteiger partial charge is 0.342 e. The molecule has 2 aliphatic heterocycles. The number of ketones is 1. The highest BCUT2D eigenvalue weighted by atomic mass is 16.2. The Hall–Kier alpha value is -2.21. The van der Waals surface area contributed by atoms with E-state index in [2.05, 4.69) is 4.90 Å². The van der Waals surface area contributed by atoms with Gasteiger partial charge in [0.15, 0.2) is 5.78 Å². The predicted molar refractivity (Wildman–Crippen MR) is 108 cm³/mol. The van der Waals surface area contributed by atoms with Crippen LogP contribution in [-0.4, -0.2) is 78.1 Å². The molecule has 152 valence electrons. The summed E-state index contributed by atoms with van der Waals surface area (Å²) < 4.78 is 0. The maximum absolute atomic E-state index is 12.5. The fourth-order valence-corrected chi connectivity index (χ4v) is 3.85. The number of aryl methyl sites for hydroxylation is 2. The van der Waals surface area contributed by atoms with Gasteiger partial charge in [-0.05, 0) is 43.9 Å². The SMILES string of the molecule is Cc1ccc(C(=O)CCC(=O)N2CCN(CC(=O)N3CCCC3)CC2)cc1C. The normalized spacial score (nSPS) is 17.8. The van der Waals surface area contributed by atoms with Crippen LogP contribution in [0.2, 0.25) is 0 Å². The average Bonchev–Trinajstić information content (AvgIpc) is 3.23. The molecule has 0 unspecified atom stereocenters. The molecule has 0 radical (unpaired) electrons. The number of carbonyl (C=O) groups excluding carboxylic acids is 3. The molecular formula is C22H31N3O3. The van der Waals surface area contributed by atoms with Gasteiger partial charge < -0.3 is 9.80 Å². The Kier molecular flexibility index (Phi) is 6.83. The third kappa shape index (κ3) is 5.19. The van der Waals surface area contributed by atoms with Crippen molar-refractivity contribution < 1.29 is 14.4 Å². The van der Waals surface area contributed by atoms with Crippen molar-refractivity contribution in [3.63, 3.8) is 0 Å². The van der Waals surface area contributed by atoms with Gasteiger partial charge in [-0.15, -0.1) is 0 Å². The molecule has 2 aliphatic rings. The van der Waals surface area contributed by atoms with E-state index in [-0.39, 0.29) is 30.4 Å². The van der Waals surface area contributed by atoms with Gasteiger partial charge in [-0.1, -0.05) is 12.1 Å². The van der Waals surface area contributed by atoms with Gasteiger partial charge in [-0.2, -0.15) is 0 Å². The Bertz CT molecular complexity index is 733. The van der Waals surface area contributed by atoms with Crippen LogP contribution in [0, 0.1) is 13.8 Å². The molecule has 0 spiro atoms. The van der Waals surface area contributed by atoms with E-state index < -0.39 is 0 Å². The molecular weight excluding hydrogens is 354 g/mol. The van der Waals surface area contributed by atoms with Crippen molar-refractivity contribution in [2.24, 2.45) is 0 Å². The first kappa shape index (κ1) is 20.5. The summed E-state index contributed by atoms with van der Waals surface area (Å²) >= 11 is 0. The fraction of sp³-hybridized carbons (Fsp3) is 0.591. The zero-order chi connectivity index (χ0) is 20.1. The minimum atomic E-state index is 0.0197. The van der Waals surface area contributed by atoms with Gasteiger partial charge in [0.05, 0.1) is 6.54 Å². The van der Waals surface area contributed by atoms with E-state index in [0.29, 0.717) is 25.2 Å². The summed E-state index contributed by atoms with van der Waals surface area (Å²) in [6.07, 6.45) is 2.71. The third-order valence-corrected chi connectivity index (χ3v) is 5.94. The number of amides is 2. The first-order valence-electron chi connectivity index (χ1n) is 10.3. The van der Waals surface area contributed by atoms with Crippen molar-refractivity contribution in [3.8, 4) is 0 Å². The van der Waals surface area contributed by atoms with Gasteiger partial charge in [-0.3, -0.25) is 19.3 Å². The molecule has 0 N–H and O–H groups in total. The van der Waals surface area contributed by atoms with E-state index in [9.17, 15) is 14.4 Å². The number of hydrogen-bond donors (Lipinski definition) is 0. The molecule has 2 saturated heterocycles. The minimum absolute atomic E-state index is 0.0197. The monoisotopic (exact) mass is 385 g/mol. The zero-order valence-corrected chi connectivity index (χ0v) is 17.1. The highest BCUT2D eigenvalue weighted by Crippen LogP contribution is 2.14. The Morgan fingerprint density at radius 3 is 2.07 bits per heavy atom. The van der Waals surface area contributed by atoms with Crippen LogP contribution in [0.4, 0.5) is 0 Å². The van der Waals surface area contributed by atoms with E-state index in [0.717, 1.165) is 50.1 Å². The summed E-state index contributed by atoms with van der Waals surface area (Å²) in [7, 11) is 0. The summed E-state index contributed by atoms with van der Waals surface area (Å²) in [4.78, 5) is 43.0. The first-order chi connectivity index (χ1) is 13.4. The van der Waals surface area contributed by atoms with Crippen molar-refractivity contribution in [2.45, 2.75) is 39.5 Å². The van der Waals surface area contributed by atoms with E-state index in [1.54, 1.807) is 0 Å². The summed E-state index contributed by atoms with van der Waals surface area (Å²) in [5.41, 5.74) is 2.94. The number of hydrogen-bond acceptors (Lipinski definition) is 4. The van der Waals surface area contributed by atoms with E-state index in [1.165, 1.54) is 0 Å².